The third-order valence-electron chi connectivity index (χ3n) is 2.32. The molecule has 22 heavy (non-hydrogen) atoms. The molecular formula is C12H9F3N2O3S2. The topological polar surface area (TPSA) is 68.3 Å². The Morgan fingerprint density at radius 2 is 2.14 bits per heavy atom. The van der Waals surface area contributed by atoms with E-state index in [4.69, 9.17) is 0 Å². The molecule has 0 radical (unpaired) electrons. The maximum atomic E-state index is 12.9. The van der Waals surface area contributed by atoms with Gasteiger partial charge in [0.1, 0.15) is 4.88 Å². The molecule has 0 aliphatic rings. The van der Waals surface area contributed by atoms with Gasteiger partial charge in [0.15, 0.2) is 10.8 Å². The number of thiophene rings is 1. The molecule has 118 valence electrons. The number of nitrogens with one attached hydrogen (secondary N) is 1. The maximum absolute atomic E-state index is 12.9. The summed E-state index contributed by atoms with van der Waals surface area (Å²) in [6.45, 7) is 1.41. The van der Waals surface area contributed by atoms with Gasteiger partial charge in [-0.25, -0.2) is 9.78 Å². The molecule has 5 nitrogen and oxygen atoms in total. The fourth-order valence-corrected chi connectivity index (χ4v) is 2.96. The van der Waals surface area contributed by atoms with E-state index in [-0.39, 0.29) is 11.7 Å². The summed E-state index contributed by atoms with van der Waals surface area (Å²) in [6, 6.07) is 3.15. The van der Waals surface area contributed by atoms with E-state index in [2.05, 4.69) is 15.0 Å². The van der Waals surface area contributed by atoms with E-state index >= 15 is 0 Å². The number of nitrogens with zero attached hydrogens (tertiary/aromatic N) is 1. The van der Waals surface area contributed by atoms with Gasteiger partial charge in [0.2, 0.25) is 0 Å². The summed E-state index contributed by atoms with van der Waals surface area (Å²) >= 11 is 1.56. The van der Waals surface area contributed by atoms with Gasteiger partial charge < -0.3 is 4.74 Å². The van der Waals surface area contributed by atoms with E-state index in [0.717, 1.165) is 11.3 Å². The van der Waals surface area contributed by atoms with Crippen LogP contribution < -0.4 is 5.32 Å². The molecule has 0 unspecified atom stereocenters. The molecule has 0 aliphatic heterocycles. The molecule has 2 aromatic rings. The zero-order valence-electron chi connectivity index (χ0n) is 11.1. The fourth-order valence-electron chi connectivity index (χ4n) is 1.47. The minimum absolute atomic E-state index is 0.0646. The number of halogens is 3. The first kappa shape index (κ1) is 16.4. The van der Waals surface area contributed by atoms with Crippen LogP contribution in [0.2, 0.25) is 0 Å². The highest BCUT2D eigenvalue weighted by molar-refractivity contribution is 7.18. The minimum atomic E-state index is -4.81. The Morgan fingerprint density at radius 1 is 1.41 bits per heavy atom. The number of carbonyl (C=O) groups is 2. The van der Waals surface area contributed by atoms with E-state index in [1.165, 1.54) is 13.0 Å². The fraction of sp³-hybridized carbons (Fsp3) is 0.250. The minimum Gasteiger partial charge on any atom is -0.462 e. The van der Waals surface area contributed by atoms with Gasteiger partial charge in [0.25, 0.3) is 5.91 Å². The average Bonchev–Trinajstić information content (AvgIpc) is 3.07. The van der Waals surface area contributed by atoms with Crippen LogP contribution in [0.3, 0.4) is 0 Å². The average molecular weight is 350 g/mol. The largest absolute Gasteiger partial charge is 0.462 e. The Kier molecular flexibility index (Phi) is 4.81. The van der Waals surface area contributed by atoms with Gasteiger partial charge in [-0.1, -0.05) is 17.4 Å². The highest BCUT2D eigenvalue weighted by Gasteiger charge is 2.40. The monoisotopic (exact) mass is 350 g/mol. The molecule has 0 aliphatic carbocycles. The molecule has 1 N–H and O–H groups in total. The third-order valence-corrected chi connectivity index (χ3v) is 4.14. The van der Waals surface area contributed by atoms with E-state index < -0.39 is 28.6 Å². The van der Waals surface area contributed by atoms with Gasteiger partial charge in [0, 0.05) is 0 Å². The molecule has 0 saturated heterocycles. The number of amides is 1. The quantitative estimate of drug-likeness (QED) is 0.855. The lowest BCUT2D eigenvalue weighted by Crippen LogP contribution is -2.14. The molecule has 10 heteroatoms. The van der Waals surface area contributed by atoms with Crippen LogP contribution >= 0.6 is 22.7 Å². The second-order valence-corrected chi connectivity index (χ2v) is 5.79. The zero-order valence-corrected chi connectivity index (χ0v) is 12.7. The van der Waals surface area contributed by atoms with Crippen LogP contribution in [0, 0.1) is 0 Å². The number of hydrogen-bond donors (Lipinski definition) is 1. The predicted molar refractivity (Wildman–Crippen MR) is 75.3 cm³/mol. The first-order chi connectivity index (χ1) is 10.3. The highest BCUT2D eigenvalue weighted by atomic mass is 32.1. The molecule has 0 spiro atoms. The number of esters is 1. The first-order valence-electron chi connectivity index (χ1n) is 5.93. The molecule has 2 aromatic heterocycles. The molecular weight excluding hydrogens is 341 g/mol. The number of alkyl halides is 3. The van der Waals surface area contributed by atoms with Gasteiger partial charge in [-0.2, -0.15) is 13.2 Å². The van der Waals surface area contributed by atoms with E-state index in [1.807, 2.05) is 0 Å². The number of ether oxygens (including phenoxy) is 1. The number of thiazole rings is 1. The van der Waals surface area contributed by atoms with E-state index in [9.17, 15) is 22.8 Å². The van der Waals surface area contributed by atoms with Gasteiger partial charge in [-0.3, -0.25) is 10.1 Å². The Balaban J connectivity index is 2.30. The second kappa shape index (κ2) is 6.44. The summed E-state index contributed by atoms with van der Waals surface area (Å²) in [5.41, 5.74) is -1.36. The lowest BCUT2D eigenvalue weighted by atomic mass is 10.3. The Hall–Kier alpha value is -1.94. The Labute approximate surface area is 130 Å². The van der Waals surface area contributed by atoms with Crippen LogP contribution in [0.1, 0.15) is 32.0 Å². The summed E-state index contributed by atoms with van der Waals surface area (Å²) < 4.78 is 43.3. The lowest BCUT2D eigenvalue weighted by molar-refractivity contribution is -0.141. The van der Waals surface area contributed by atoms with E-state index in [1.54, 1.807) is 11.4 Å². The Morgan fingerprint density at radius 3 is 2.68 bits per heavy atom. The van der Waals surface area contributed by atoms with Crippen molar-refractivity contribution in [3.05, 3.63) is 33.0 Å². The first-order valence-corrected chi connectivity index (χ1v) is 7.62. The lowest BCUT2D eigenvalue weighted by Gasteiger charge is -2.04. The van der Waals surface area contributed by atoms with Crippen LogP contribution in [-0.2, 0) is 10.9 Å². The van der Waals surface area contributed by atoms with Gasteiger partial charge in [-0.05, 0) is 18.4 Å². The van der Waals surface area contributed by atoms with Crippen LogP contribution in [0.25, 0.3) is 0 Å². The molecule has 0 bridgehead atoms. The summed E-state index contributed by atoms with van der Waals surface area (Å²) in [5, 5.41) is 3.59. The highest BCUT2D eigenvalue weighted by Crippen LogP contribution is 2.36. The third kappa shape index (κ3) is 3.63. The number of hydrogen-bond acceptors (Lipinski definition) is 6. The predicted octanol–water partition coefficient (Wildman–Crippen LogP) is 3.65. The molecule has 1 amide bonds. The summed E-state index contributed by atoms with van der Waals surface area (Å²) in [7, 11) is 0. The van der Waals surface area contributed by atoms with Crippen LogP contribution in [-0.4, -0.2) is 23.5 Å². The zero-order chi connectivity index (χ0) is 16.3. The van der Waals surface area contributed by atoms with Crippen molar-refractivity contribution in [2.24, 2.45) is 0 Å². The van der Waals surface area contributed by atoms with Crippen LogP contribution in [0.4, 0.5) is 18.3 Å². The van der Waals surface area contributed by atoms with Crippen molar-refractivity contribution in [1.82, 2.24) is 4.98 Å². The van der Waals surface area contributed by atoms with Crippen molar-refractivity contribution in [2.45, 2.75) is 13.1 Å². The molecule has 0 aromatic carbocycles. The molecule has 0 fully saturated rings. The second-order valence-electron chi connectivity index (χ2n) is 3.85. The SMILES string of the molecule is CCOC(=O)c1sc(NC(=O)c2cccs2)nc1C(F)(F)F. The van der Waals surface area contributed by atoms with E-state index in [0.29, 0.717) is 16.2 Å². The number of aromatic nitrogens is 1. The van der Waals surface area contributed by atoms with Crippen molar-refractivity contribution in [3.8, 4) is 0 Å². The molecule has 0 saturated carbocycles. The van der Waals surface area contributed by atoms with Gasteiger partial charge in [0.05, 0.1) is 11.5 Å². The van der Waals surface area contributed by atoms with Gasteiger partial charge in [-0.15, -0.1) is 11.3 Å². The molecule has 0 atom stereocenters. The normalized spacial score (nSPS) is 11.3. The molecule has 2 rings (SSSR count). The summed E-state index contributed by atoms with van der Waals surface area (Å²) in [4.78, 5) is 26.3. The number of rotatable bonds is 4. The summed E-state index contributed by atoms with van der Waals surface area (Å²) in [6.07, 6.45) is -4.81. The van der Waals surface area contributed by atoms with Crippen molar-refractivity contribution in [2.75, 3.05) is 11.9 Å². The van der Waals surface area contributed by atoms with Crippen molar-refractivity contribution in [1.29, 1.82) is 0 Å². The van der Waals surface area contributed by atoms with Crippen molar-refractivity contribution in [3.63, 3.8) is 0 Å². The van der Waals surface area contributed by atoms with Crippen molar-refractivity contribution < 1.29 is 27.5 Å². The van der Waals surface area contributed by atoms with Crippen molar-refractivity contribution >= 4 is 39.7 Å². The van der Waals surface area contributed by atoms with Crippen LogP contribution in [0.5, 0.6) is 0 Å². The van der Waals surface area contributed by atoms with Gasteiger partial charge >= 0.3 is 12.1 Å². The number of carbonyl (C=O) groups excluding carboxylic acids is 2. The number of anilines is 1. The smallest absolute Gasteiger partial charge is 0.435 e. The Bertz CT molecular complexity index is 680. The van der Waals surface area contributed by atoms with Crippen LogP contribution in [0.15, 0.2) is 17.5 Å². The molecule has 2 heterocycles. The maximum Gasteiger partial charge on any atom is 0.435 e. The standard InChI is InChI=1S/C12H9F3N2O3S2/c1-2-20-10(19)7-8(12(13,14)15)16-11(22-7)17-9(18)6-4-3-5-21-6/h3-5H,2H2,1H3,(H,16,17,18). The summed E-state index contributed by atoms with van der Waals surface area (Å²) in [5.74, 6) is -1.71.